The van der Waals surface area contributed by atoms with Crippen LogP contribution in [-0.4, -0.2) is 425 Å². The van der Waals surface area contributed by atoms with Gasteiger partial charge in [-0.3, -0.25) is 14.4 Å². The number of hydrogen-bond donors (Lipinski definition) is 22. The van der Waals surface area contributed by atoms with E-state index in [9.17, 15) is 111 Å². The van der Waals surface area contributed by atoms with Gasteiger partial charge < -0.3 is 198 Å². The molecule has 108 heavy (non-hydrogen) atoms. The minimum Gasteiger partial charge on any atom is -0.394 e. The number of aliphatic hydroxyl groups excluding tert-OH is 19. The van der Waals surface area contributed by atoms with Gasteiger partial charge in [0.1, 0.15) is 165 Å². The topological polar surface area (TPSA) is 687 Å². The molecule has 0 aromatic carbocycles. The second-order valence-corrected chi connectivity index (χ2v) is 27.8. The van der Waals surface area contributed by atoms with E-state index in [4.69, 9.17) is 90.8 Å². The van der Waals surface area contributed by atoms with Crippen LogP contribution < -0.4 is 16.0 Å². The van der Waals surface area contributed by atoms with Gasteiger partial charge in [-0.2, -0.15) is 0 Å². The quantitative estimate of drug-likeness (QED) is 0.0143. The van der Waals surface area contributed by atoms with Crippen molar-refractivity contribution in [3.63, 3.8) is 0 Å². The Kier molecular flexibility index (Phi) is 32.3. The molecule has 18 unspecified atom stereocenters. The molecule has 0 bridgehead atoms. The number of aliphatic hydroxyl groups is 19. The smallest absolute Gasteiger partial charge is 0.217 e. The number of nitrogens with zero attached hydrogens (tertiary/aromatic N) is 3. The molecule has 22 N–H and O–H groups in total. The van der Waals surface area contributed by atoms with Gasteiger partial charge in [-0.1, -0.05) is 5.11 Å². The summed E-state index contributed by atoms with van der Waals surface area (Å²) in [6.45, 7) is 0.399. The van der Waals surface area contributed by atoms with Crippen molar-refractivity contribution < 1.29 is 197 Å². The highest BCUT2D eigenvalue weighted by molar-refractivity contribution is 5.74. The minimum atomic E-state index is -2.37. The number of carbonyl (C=O) groups is 3. The summed E-state index contributed by atoms with van der Waals surface area (Å²) in [5, 5.41) is 223. The molecule has 9 rings (SSSR count). The molecule has 9 aliphatic heterocycles. The number of nitrogens with one attached hydrogen (secondary N) is 3. The van der Waals surface area contributed by atoms with Gasteiger partial charge in [-0.15, -0.1) is 0 Å². The Morgan fingerprint density at radius 3 is 0.944 bits per heavy atom. The molecule has 42 atom stereocenters. The van der Waals surface area contributed by atoms with Gasteiger partial charge in [-0.05, 0) is 26.3 Å². The summed E-state index contributed by atoms with van der Waals surface area (Å²) in [6, 6.07) is -5.16. The van der Waals surface area contributed by atoms with Gasteiger partial charge in [0.2, 0.25) is 17.7 Å². The minimum absolute atomic E-state index is 0.256. The van der Waals surface area contributed by atoms with E-state index in [2.05, 4.69) is 26.0 Å². The predicted octanol–water partition coefficient (Wildman–Crippen LogP) is -12.7. The van der Waals surface area contributed by atoms with Crippen molar-refractivity contribution in [1.82, 2.24) is 16.0 Å². The van der Waals surface area contributed by atoms with Crippen molar-refractivity contribution in [3.8, 4) is 0 Å². The molecule has 3 amide bonds. The lowest BCUT2D eigenvalue weighted by Gasteiger charge is -2.52. The zero-order valence-corrected chi connectivity index (χ0v) is 59.4. The highest BCUT2D eigenvalue weighted by atomic mass is 16.8. The van der Waals surface area contributed by atoms with Gasteiger partial charge in [0.15, 0.2) is 56.6 Å². The summed E-state index contributed by atoms with van der Waals surface area (Å²) < 4.78 is 111. The third-order valence-electron chi connectivity index (χ3n) is 20.0. The van der Waals surface area contributed by atoms with E-state index in [-0.39, 0.29) is 13.2 Å². The van der Waals surface area contributed by atoms with Crippen LogP contribution in [0.1, 0.15) is 60.8 Å². The lowest BCUT2D eigenvalue weighted by molar-refractivity contribution is -0.396. The Balaban J connectivity index is 1.04. The first-order chi connectivity index (χ1) is 51.3. The monoisotopic (exact) mass is 1570 g/mol. The van der Waals surface area contributed by atoms with Crippen LogP contribution in [-0.2, 0) is 99.6 Å². The van der Waals surface area contributed by atoms with Gasteiger partial charge in [0.05, 0.1) is 82.9 Å². The molecule has 46 heteroatoms. The molecule has 46 nitrogen and oxygen atoms in total. The summed E-state index contributed by atoms with van der Waals surface area (Å²) in [6.07, 6.45) is -70.9. The summed E-state index contributed by atoms with van der Waals surface area (Å²) in [5.74, 6) is -2.51. The Bertz CT molecular complexity index is 2840. The number of hydrogen-bond acceptors (Lipinski definition) is 41. The first-order valence-electron chi connectivity index (χ1n) is 35.4. The van der Waals surface area contributed by atoms with Crippen molar-refractivity contribution in [2.24, 2.45) is 5.11 Å². The Morgan fingerprint density at radius 2 is 0.639 bits per heavy atom. The van der Waals surface area contributed by atoms with E-state index in [1.165, 1.54) is 20.8 Å². The van der Waals surface area contributed by atoms with E-state index in [0.717, 1.165) is 20.8 Å². The molecule has 0 aromatic rings. The lowest BCUT2D eigenvalue weighted by Crippen LogP contribution is -2.72. The number of amides is 3. The fraction of sp³-hybridized carbons (Fsp3) is 0.952. The average molecular weight is 1570 g/mol. The maximum Gasteiger partial charge on any atom is 0.217 e. The second-order valence-electron chi connectivity index (χ2n) is 27.8. The number of ether oxygens (including phenoxy) is 18. The molecule has 9 fully saturated rings. The standard InChI is InChI=1S/C62H104N6O40/c1-18-39(81)24(78)9-33(92-18)101-52-36(65-21(4)75)57(91-8-7-64-68-63)98-30(15-72)49(52)105-61-47(89)55(43(85)28(13-70)96-61)108-59-38(67-23(6)77)54(103-35-11-26(80)41(83)20(3)94-35)51(32(17-74)100-59)106-62-48(90)56(44(86)29(14-71)97-62)107-58-37(66-22(5)76)53(102-34-10-25(79)40(82)19(2)93-34)50(31(16-73)99-58)104-60-46(88)45(87)42(84)27(12-69)95-60/h18-20,24-62,69-74,78-90H,7-17H2,1-6H3,(H,65,75)(H,66,76)(H,67,77)/t18-,19-,20-,24?,25?,26?,27?,28?,29?,30?,31?,32?,33?,34?,35?,36?,37?,38?,39+,40+,41+,42-,43-,44-,45-,46?,47?,48?,49+,50+,51+,52+,53+,54+,55-,56-,57+,58-,59-,60-,61-,62-/m0/s1. The Hall–Kier alpha value is -3.76. The molecule has 622 valence electrons. The van der Waals surface area contributed by atoms with Gasteiger partial charge in [-0.25, -0.2) is 0 Å². The summed E-state index contributed by atoms with van der Waals surface area (Å²) in [5.41, 5.74) is 8.94. The van der Waals surface area contributed by atoms with Gasteiger partial charge >= 0.3 is 0 Å². The highest BCUT2D eigenvalue weighted by Gasteiger charge is 2.61. The van der Waals surface area contributed by atoms with Crippen molar-refractivity contribution in [2.75, 3.05) is 52.8 Å². The molecule has 0 aliphatic carbocycles. The molecule has 9 saturated heterocycles. The van der Waals surface area contributed by atoms with Gasteiger partial charge in [0, 0.05) is 51.5 Å². The van der Waals surface area contributed by atoms with E-state index >= 15 is 0 Å². The SMILES string of the molecule is CC(=O)NC1[C@H](O[C@@H]2C(O)[C@H](O[C@@H]3C(CO)O[C@@H](O[C@@H]4C(O)[C@H](O[C@@H]5C(CO)O[C@@H](OCCN=[N+]=[N-])C(NC(C)=O)[C@H]5OC5CC(O)[C@H](O)[C@H](C)O5)OC(CO)[C@@H]4O)C(NC(C)=O)[C@H]3OC3CC(O)[C@H](O)[C@H](C)O3)OC(CO)[C@@H]2O)OC(CO)[C@@H](O[C@@H]2OC(CO)[C@H](O)[C@H](O)C2O)[C@@H]1OC1CC(O)[C@H](O)[C@H](C)O1. The van der Waals surface area contributed by atoms with E-state index in [0.29, 0.717) is 0 Å². The van der Waals surface area contributed by atoms with E-state index < -0.39 is 334 Å². The number of azide groups is 1. The Morgan fingerprint density at radius 1 is 0.352 bits per heavy atom. The third-order valence-corrected chi connectivity index (χ3v) is 20.0. The summed E-state index contributed by atoms with van der Waals surface area (Å²) in [7, 11) is 0. The van der Waals surface area contributed by atoms with E-state index in [1.54, 1.807) is 0 Å². The van der Waals surface area contributed by atoms with Crippen LogP contribution in [0.25, 0.3) is 10.4 Å². The van der Waals surface area contributed by atoms with Gasteiger partial charge in [0.25, 0.3) is 0 Å². The molecule has 9 aliphatic rings. The van der Waals surface area contributed by atoms with Crippen LogP contribution in [0.2, 0.25) is 0 Å². The lowest BCUT2D eigenvalue weighted by atomic mass is 9.93. The third kappa shape index (κ3) is 20.5. The molecule has 0 aromatic heterocycles. The van der Waals surface area contributed by atoms with Crippen molar-refractivity contribution in [1.29, 1.82) is 0 Å². The second kappa shape index (κ2) is 39.5. The molecule has 0 spiro atoms. The first-order valence-corrected chi connectivity index (χ1v) is 35.4. The largest absolute Gasteiger partial charge is 0.394 e. The number of carbonyl (C=O) groups excluding carboxylic acids is 3. The normalized spacial score (nSPS) is 48.2. The zero-order valence-electron chi connectivity index (χ0n) is 59.4. The van der Waals surface area contributed by atoms with Crippen LogP contribution in [0, 0.1) is 0 Å². The molecule has 0 radical (unpaired) electrons. The maximum atomic E-state index is 13.6. The summed E-state index contributed by atoms with van der Waals surface area (Å²) >= 11 is 0. The van der Waals surface area contributed by atoms with Crippen LogP contribution >= 0.6 is 0 Å². The molecular formula is C62H104N6O40. The van der Waals surface area contributed by atoms with Crippen LogP contribution in [0.15, 0.2) is 5.11 Å². The predicted molar refractivity (Wildman–Crippen MR) is 341 cm³/mol. The van der Waals surface area contributed by atoms with Crippen molar-refractivity contribution in [2.45, 2.75) is 319 Å². The molecule has 0 saturated carbocycles. The van der Waals surface area contributed by atoms with E-state index in [1.807, 2.05) is 0 Å². The van der Waals surface area contributed by atoms with Crippen LogP contribution in [0.4, 0.5) is 0 Å². The van der Waals surface area contributed by atoms with Crippen LogP contribution in [0.3, 0.4) is 0 Å². The highest BCUT2D eigenvalue weighted by Crippen LogP contribution is 2.41. The zero-order chi connectivity index (χ0) is 79.0. The molecular weight excluding hydrogens is 1470 g/mol. The number of rotatable bonds is 29. The fourth-order valence-electron chi connectivity index (χ4n) is 14.4. The molecule has 9 heterocycles. The maximum absolute atomic E-state index is 13.6. The van der Waals surface area contributed by atoms with Crippen molar-refractivity contribution in [3.05, 3.63) is 10.4 Å². The average Bonchev–Trinajstić information content (AvgIpc) is 0.763. The fourth-order valence-corrected chi connectivity index (χ4v) is 14.4. The van der Waals surface area contributed by atoms with Crippen LogP contribution in [0.5, 0.6) is 0 Å². The van der Waals surface area contributed by atoms with Crippen molar-refractivity contribution >= 4 is 17.7 Å². The Labute approximate surface area is 615 Å². The first kappa shape index (κ1) is 88.2. The summed E-state index contributed by atoms with van der Waals surface area (Å²) in [4.78, 5) is 42.6.